The summed E-state index contributed by atoms with van der Waals surface area (Å²) in [4.78, 5) is 64.8. The fraction of sp³-hybridized carbons (Fsp3) is 0.458. The molecule has 0 aliphatic rings. The van der Waals surface area contributed by atoms with Crippen molar-refractivity contribution in [1.82, 2.24) is 20.9 Å². The van der Waals surface area contributed by atoms with Crippen LogP contribution in [-0.2, 0) is 30.4 Å². The highest BCUT2D eigenvalue weighted by Crippen LogP contribution is 2.19. The van der Waals surface area contributed by atoms with Gasteiger partial charge in [-0.25, -0.2) is 4.79 Å². The summed E-state index contributed by atoms with van der Waals surface area (Å²) in [7, 11) is 0. The van der Waals surface area contributed by atoms with E-state index >= 15 is 0 Å². The third kappa shape index (κ3) is 9.26. The highest BCUT2D eigenvalue weighted by molar-refractivity contribution is 7.98. The quantitative estimate of drug-likeness (QED) is 0.124. The van der Waals surface area contributed by atoms with Crippen molar-refractivity contribution in [2.75, 3.05) is 17.8 Å². The molecule has 0 aliphatic carbocycles. The van der Waals surface area contributed by atoms with E-state index in [1.165, 1.54) is 11.8 Å². The Kier molecular flexibility index (Phi) is 12.4. The molecule has 2 rings (SSSR count). The largest absolute Gasteiger partial charge is 0.480 e. The molecule has 0 aliphatic heterocycles. The van der Waals surface area contributed by atoms with Gasteiger partial charge in [0.25, 0.3) is 0 Å². The third-order valence-corrected chi connectivity index (χ3v) is 6.84. The molecule has 208 valence electrons. The van der Waals surface area contributed by atoms with Gasteiger partial charge >= 0.3 is 5.97 Å². The summed E-state index contributed by atoms with van der Waals surface area (Å²) < 4.78 is 0. The number of rotatable bonds is 16. The van der Waals surface area contributed by atoms with Gasteiger partial charge < -0.3 is 37.5 Å². The van der Waals surface area contributed by atoms with E-state index < -0.39 is 53.8 Å². The summed E-state index contributed by atoms with van der Waals surface area (Å²) >= 11 is 5.41. The van der Waals surface area contributed by atoms with Crippen molar-refractivity contribution in [3.8, 4) is 0 Å². The van der Waals surface area contributed by atoms with E-state index in [1.807, 2.05) is 30.5 Å². The Balaban J connectivity index is 2.17. The second kappa shape index (κ2) is 15.2. The lowest BCUT2D eigenvalue weighted by Crippen LogP contribution is -2.57. The van der Waals surface area contributed by atoms with Crippen molar-refractivity contribution in [1.29, 1.82) is 0 Å². The Labute approximate surface area is 229 Å². The number of aromatic amines is 1. The number of carbonyl (C=O) groups is 5. The van der Waals surface area contributed by atoms with E-state index in [0.717, 1.165) is 10.9 Å². The topological polar surface area (TPSA) is 209 Å². The smallest absolute Gasteiger partial charge is 0.326 e. The molecular formula is C24H34N6O6S2. The number of H-pyrrole nitrogens is 1. The minimum absolute atomic E-state index is 0.0210. The Hall–Kier alpha value is -3.23. The van der Waals surface area contributed by atoms with Gasteiger partial charge in [-0.3, -0.25) is 19.2 Å². The molecule has 4 atom stereocenters. The number of hydrogen-bond donors (Lipinski definition) is 8. The lowest BCUT2D eigenvalue weighted by atomic mass is 10.0. The minimum atomic E-state index is -1.26. The van der Waals surface area contributed by atoms with Gasteiger partial charge in [-0.05, 0) is 36.5 Å². The molecule has 0 fully saturated rings. The predicted molar refractivity (Wildman–Crippen MR) is 149 cm³/mol. The highest BCUT2D eigenvalue weighted by Gasteiger charge is 2.30. The first-order chi connectivity index (χ1) is 18.1. The van der Waals surface area contributed by atoms with Crippen molar-refractivity contribution >= 4 is 64.9 Å². The van der Waals surface area contributed by atoms with Crippen molar-refractivity contribution in [3.63, 3.8) is 0 Å². The zero-order valence-corrected chi connectivity index (χ0v) is 22.6. The average molecular weight is 567 g/mol. The molecule has 14 heteroatoms. The number of carbonyl (C=O) groups excluding carboxylic acids is 4. The third-order valence-electron chi connectivity index (χ3n) is 5.80. The average Bonchev–Trinajstić information content (AvgIpc) is 3.30. The predicted octanol–water partition coefficient (Wildman–Crippen LogP) is -0.475. The van der Waals surface area contributed by atoms with Gasteiger partial charge in [-0.1, -0.05) is 18.2 Å². The van der Waals surface area contributed by atoms with Gasteiger partial charge in [-0.15, -0.1) is 0 Å². The molecule has 0 saturated heterocycles. The van der Waals surface area contributed by atoms with Gasteiger partial charge in [-0.2, -0.15) is 24.4 Å². The van der Waals surface area contributed by atoms with Crippen LogP contribution >= 0.6 is 24.4 Å². The molecule has 0 spiro atoms. The molecule has 1 aromatic heterocycles. The van der Waals surface area contributed by atoms with Crippen LogP contribution in [0.3, 0.4) is 0 Å². The van der Waals surface area contributed by atoms with Gasteiger partial charge in [0.15, 0.2) is 0 Å². The van der Waals surface area contributed by atoms with Crippen LogP contribution in [0.25, 0.3) is 10.9 Å². The Morgan fingerprint density at radius 3 is 2.21 bits per heavy atom. The van der Waals surface area contributed by atoms with Crippen LogP contribution in [-0.4, -0.2) is 81.6 Å². The SMILES string of the molecule is CSCCC(NC(=O)C(CCC(N)=O)NC(=O)C(N)CS)C(=O)NC(Cc1c[nH]c2ccccc12)C(=O)O. The van der Waals surface area contributed by atoms with Crippen molar-refractivity contribution in [2.24, 2.45) is 11.5 Å². The number of amides is 4. The maximum Gasteiger partial charge on any atom is 0.326 e. The van der Waals surface area contributed by atoms with Crippen LogP contribution < -0.4 is 27.4 Å². The Morgan fingerprint density at radius 1 is 1.00 bits per heavy atom. The fourth-order valence-corrected chi connectivity index (χ4v) is 4.32. The van der Waals surface area contributed by atoms with Crippen LogP contribution in [0.1, 0.15) is 24.8 Å². The number of nitrogens with one attached hydrogen (secondary N) is 4. The molecule has 9 N–H and O–H groups in total. The first-order valence-corrected chi connectivity index (χ1v) is 13.9. The number of fused-ring (bicyclic) bond motifs is 1. The second-order valence-corrected chi connectivity index (χ2v) is 10.0. The summed E-state index contributed by atoms with van der Waals surface area (Å²) in [6.07, 6.45) is 3.44. The zero-order valence-electron chi connectivity index (χ0n) is 20.9. The number of nitrogens with two attached hydrogens (primary N) is 2. The summed E-state index contributed by atoms with van der Waals surface area (Å²) in [6.45, 7) is 0. The van der Waals surface area contributed by atoms with Gasteiger partial charge in [0, 0.05) is 35.7 Å². The maximum atomic E-state index is 13.2. The summed E-state index contributed by atoms with van der Waals surface area (Å²) in [5.74, 6) is -3.45. The number of carboxylic acid groups (broad SMARTS) is 1. The lowest BCUT2D eigenvalue weighted by molar-refractivity contribution is -0.142. The second-order valence-electron chi connectivity index (χ2n) is 8.66. The number of aliphatic carboxylic acids is 1. The van der Waals surface area contributed by atoms with Crippen LogP contribution in [0.15, 0.2) is 30.5 Å². The molecule has 4 unspecified atom stereocenters. The van der Waals surface area contributed by atoms with Crippen LogP contribution in [0, 0.1) is 0 Å². The van der Waals surface area contributed by atoms with Crippen LogP contribution in [0.5, 0.6) is 0 Å². The van der Waals surface area contributed by atoms with Crippen molar-refractivity contribution in [3.05, 3.63) is 36.0 Å². The van der Waals surface area contributed by atoms with E-state index in [2.05, 4.69) is 33.6 Å². The molecule has 38 heavy (non-hydrogen) atoms. The maximum absolute atomic E-state index is 13.2. The Bertz CT molecular complexity index is 1140. The van der Waals surface area contributed by atoms with Gasteiger partial charge in [0.2, 0.25) is 23.6 Å². The van der Waals surface area contributed by atoms with Crippen LogP contribution in [0.2, 0.25) is 0 Å². The van der Waals surface area contributed by atoms with E-state index in [-0.39, 0.29) is 31.4 Å². The number of primary amides is 1. The van der Waals surface area contributed by atoms with Crippen molar-refractivity contribution < 1.29 is 29.1 Å². The monoisotopic (exact) mass is 566 g/mol. The lowest BCUT2D eigenvalue weighted by Gasteiger charge is -2.25. The van der Waals surface area contributed by atoms with Crippen LogP contribution in [0.4, 0.5) is 0 Å². The molecule has 2 aromatic rings. The molecular weight excluding hydrogens is 532 g/mol. The number of benzene rings is 1. The van der Waals surface area contributed by atoms with E-state index in [9.17, 15) is 29.1 Å². The fourth-order valence-electron chi connectivity index (χ4n) is 3.69. The summed E-state index contributed by atoms with van der Waals surface area (Å²) in [6, 6.07) is 2.87. The Morgan fingerprint density at radius 2 is 1.61 bits per heavy atom. The number of hydrogen-bond acceptors (Lipinski definition) is 8. The molecule has 0 bridgehead atoms. The molecule has 1 aromatic carbocycles. The van der Waals surface area contributed by atoms with Crippen molar-refractivity contribution in [2.45, 2.75) is 49.9 Å². The number of thiol groups is 1. The standard InChI is InChI=1S/C24H34N6O6S2/c1-38-9-8-18(29-22(33)17(6-7-20(26)31)28-21(32)15(25)12-37)23(34)30-19(24(35)36)10-13-11-27-16-5-3-2-4-14(13)16/h2-5,11,15,17-19,27,37H,6-10,12,25H2,1H3,(H2,26,31)(H,28,32)(H,29,33)(H,30,34)(H,35,36). The normalized spacial score (nSPS) is 14.2. The summed E-state index contributed by atoms with van der Waals surface area (Å²) in [5, 5.41) is 18.2. The number of thioether (sulfide) groups is 1. The molecule has 0 saturated carbocycles. The molecule has 12 nitrogen and oxygen atoms in total. The minimum Gasteiger partial charge on any atom is -0.480 e. The first kappa shape index (κ1) is 31.0. The van der Waals surface area contributed by atoms with Gasteiger partial charge in [0.1, 0.15) is 18.1 Å². The number of para-hydroxylation sites is 1. The molecule has 4 amide bonds. The first-order valence-electron chi connectivity index (χ1n) is 11.9. The highest BCUT2D eigenvalue weighted by atomic mass is 32.2. The van der Waals surface area contributed by atoms with E-state index in [4.69, 9.17) is 11.5 Å². The van der Waals surface area contributed by atoms with E-state index in [1.54, 1.807) is 6.20 Å². The molecule has 1 heterocycles. The summed E-state index contributed by atoms with van der Waals surface area (Å²) in [5.41, 5.74) is 12.4. The molecule has 0 radical (unpaired) electrons. The zero-order chi connectivity index (χ0) is 28.2. The van der Waals surface area contributed by atoms with E-state index in [0.29, 0.717) is 11.3 Å². The van der Waals surface area contributed by atoms with Gasteiger partial charge in [0.05, 0.1) is 6.04 Å². The number of aromatic nitrogens is 1. The number of carboxylic acids is 1.